The van der Waals surface area contributed by atoms with Crippen molar-refractivity contribution in [1.29, 1.82) is 0 Å². The first-order chi connectivity index (χ1) is 17.5. The number of amides is 1. The molecule has 0 unspecified atom stereocenters. The maximum Gasteiger partial charge on any atom is 0.289 e. The molecule has 11 nitrogen and oxygen atoms in total. The Kier molecular flexibility index (Phi) is 5.81. The summed E-state index contributed by atoms with van der Waals surface area (Å²) in [7, 11) is 1.83. The van der Waals surface area contributed by atoms with Crippen molar-refractivity contribution in [2.75, 3.05) is 44.3 Å². The number of ether oxygens (including phenoxy) is 1. The number of piperidine rings is 1. The van der Waals surface area contributed by atoms with Crippen LogP contribution in [0.2, 0.25) is 0 Å². The van der Waals surface area contributed by atoms with E-state index in [4.69, 9.17) is 24.7 Å². The summed E-state index contributed by atoms with van der Waals surface area (Å²) in [5, 5.41) is 9.87. The van der Waals surface area contributed by atoms with Crippen LogP contribution in [0.25, 0.3) is 28.1 Å². The number of nitrogens with zero attached hydrogens (tertiary/aromatic N) is 8. The number of fused-ring (bicyclic) bond motifs is 2. The van der Waals surface area contributed by atoms with Crippen LogP contribution in [0.4, 0.5) is 5.82 Å². The minimum atomic E-state index is -0.353. The Labute approximate surface area is 208 Å². The van der Waals surface area contributed by atoms with Crippen molar-refractivity contribution in [3.63, 3.8) is 0 Å². The van der Waals surface area contributed by atoms with Gasteiger partial charge in [0.1, 0.15) is 5.82 Å². The number of benzene rings is 1. The molecule has 0 saturated carbocycles. The Morgan fingerprint density at radius 2 is 1.81 bits per heavy atom. The fraction of sp³-hybridized carbons (Fsp3) is 0.480. The number of carbonyl (C=O) groups is 1. The largest absolute Gasteiger partial charge is 0.393 e. The summed E-state index contributed by atoms with van der Waals surface area (Å²) in [5.41, 5.74) is 3.03. The summed E-state index contributed by atoms with van der Waals surface area (Å²) < 4.78 is 9.34. The third kappa shape index (κ3) is 3.79. The lowest BCUT2D eigenvalue weighted by atomic mass is 10.1. The number of para-hydroxylation sites is 2. The summed E-state index contributed by atoms with van der Waals surface area (Å²) >= 11 is 0. The zero-order valence-corrected chi connectivity index (χ0v) is 20.6. The van der Waals surface area contributed by atoms with E-state index in [0.717, 1.165) is 23.3 Å². The first kappa shape index (κ1) is 22.9. The second-order valence-corrected chi connectivity index (χ2v) is 9.34. The van der Waals surface area contributed by atoms with Gasteiger partial charge in [-0.25, -0.2) is 9.97 Å². The lowest BCUT2D eigenvalue weighted by Gasteiger charge is -2.29. The van der Waals surface area contributed by atoms with Crippen LogP contribution in [0.3, 0.4) is 0 Å². The molecule has 0 atom stereocenters. The Bertz CT molecular complexity index is 1430. The number of aliphatic hydroxyl groups excluding tert-OH is 1. The predicted octanol–water partition coefficient (Wildman–Crippen LogP) is 1.70. The molecule has 0 spiro atoms. The van der Waals surface area contributed by atoms with E-state index < -0.39 is 0 Å². The highest BCUT2D eigenvalue weighted by molar-refractivity contribution is 5.96. The van der Waals surface area contributed by atoms with Gasteiger partial charge in [0.25, 0.3) is 5.91 Å². The number of carbonyl (C=O) groups excluding carboxylic acids is 1. The molecule has 188 valence electrons. The van der Waals surface area contributed by atoms with Crippen molar-refractivity contribution < 1.29 is 14.6 Å². The fourth-order valence-corrected chi connectivity index (χ4v) is 5.07. The van der Waals surface area contributed by atoms with Crippen LogP contribution in [-0.2, 0) is 18.2 Å². The summed E-state index contributed by atoms with van der Waals surface area (Å²) in [6.45, 7) is 5.65. The molecule has 36 heavy (non-hydrogen) atoms. The molecule has 5 heterocycles. The maximum atomic E-state index is 13.4. The third-order valence-corrected chi connectivity index (χ3v) is 7.09. The molecule has 3 aromatic heterocycles. The molecule has 4 aromatic rings. The number of anilines is 1. The monoisotopic (exact) mass is 490 g/mol. The van der Waals surface area contributed by atoms with Gasteiger partial charge in [0.05, 0.1) is 30.4 Å². The number of aryl methyl sites for hydroxylation is 2. The molecule has 6 rings (SSSR count). The molecule has 2 saturated heterocycles. The molecule has 0 bridgehead atoms. The Morgan fingerprint density at radius 3 is 2.56 bits per heavy atom. The summed E-state index contributed by atoms with van der Waals surface area (Å²) in [6.07, 6.45) is 1.52. The van der Waals surface area contributed by atoms with Crippen molar-refractivity contribution in [3.05, 3.63) is 35.9 Å². The van der Waals surface area contributed by atoms with Crippen LogP contribution in [0.1, 0.15) is 36.2 Å². The van der Waals surface area contributed by atoms with Crippen molar-refractivity contribution in [2.24, 2.45) is 7.05 Å². The van der Waals surface area contributed by atoms with E-state index in [-0.39, 0.29) is 12.0 Å². The minimum absolute atomic E-state index is 0.154. The Balaban J connectivity index is 1.53. The van der Waals surface area contributed by atoms with Gasteiger partial charge in [-0.05, 0) is 25.0 Å². The van der Waals surface area contributed by atoms with E-state index in [9.17, 15) is 9.90 Å². The van der Waals surface area contributed by atoms with E-state index in [1.165, 1.54) is 0 Å². The highest BCUT2D eigenvalue weighted by atomic mass is 16.5. The molecule has 2 fully saturated rings. The smallest absolute Gasteiger partial charge is 0.289 e. The van der Waals surface area contributed by atoms with Gasteiger partial charge in [0.15, 0.2) is 17.0 Å². The second kappa shape index (κ2) is 9.14. The highest BCUT2D eigenvalue weighted by Gasteiger charge is 2.29. The van der Waals surface area contributed by atoms with Crippen LogP contribution >= 0.6 is 0 Å². The predicted molar refractivity (Wildman–Crippen MR) is 134 cm³/mol. The summed E-state index contributed by atoms with van der Waals surface area (Å²) in [6, 6.07) is 7.97. The highest BCUT2D eigenvalue weighted by Crippen LogP contribution is 2.29. The van der Waals surface area contributed by atoms with Gasteiger partial charge >= 0.3 is 0 Å². The standard InChI is InChI=1S/C25H30N8O3/c1-3-19-26-17-6-4-5-7-18(17)33(19)25-28-21-20(22(29-25)31-12-14-36-15-13-31)27-23(30(21)2)24(35)32-10-8-16(34)9-11-32/h4-7,16,34H,3,8-15H2,1-2H3. The van der Waals surface area contributed by atoms with Gasteiger partial charge in [0, 0.05) is 39.6 Å². The number of aromatic nitrogens is 6. The van der Waals surface area contributed by atoms with E-state index in [2.05, 4.69) is 11.8 Å². The Morgan fingerprint density at radius 1 is 1.06 bits per heavy atom. The maximum absolute atomic E-state index is 13.4. The number of morpholine rings is 1. The molecule has 1 amide bonds. The first-order valence-corrected chi connectivity index (χ1v) is 12.6. The fourth-order valence-electron chi connectivity index (χ4n) is 5.07. The van der Waals surface area contributed by atoms with Crippen molar-refractivity contribution >= 4 is 33.9 Å². The number of hydrogen-bond donors (Lipinski definition) is 1. The van der Waals surface area contributed by atoms with Crippen LogP contribution in [-0.4, -0.2) is 90.5 Å². The number of aliphatic hydroxyl groups is 1. The van der Waals surface area contributed by atoms with Crippen LogP contribution in [0, 0.1) is 0 Å². The zero-order valence-electron chi connectivity index (χ0n) is 20.6. The second-order valence-electron chi connectivity index (χ2n) is 9.34. The summed E-state index contributed by atoms with van der Waals surface area (Å²) in [5.74, 6) is 2.25. The van der Waals surface area contributed by atoms with Crippen molar-refractivity contribution in [2.45, 2.75) is 32.3 Å². The van der Waals surface area contributed by atoms with Gasteiger partial charge in [-0.1, -0.05) is 19.1 Å². The van der Waals surface area contributed by atoms with Crippen LogP contribution < -0.4 is 4.90 Å². The molecular weight excluding hydrogens is 460 g/mol. The average molecular weight is 491 g/mol. The third-order valence-electron chi connectivity index (χ3n) is 7.09. The lowest BCUT2D eigenvalue weighted by molar-refractivity contribution is 0.0533. The normalized spacial score (nSPS) is 17.4. The number of imidazole rings is 2. The lowest BCUT2D eigenvalue weighted by Crippen LogP contribution is -2.41. The molecule has 11 heteroatoms. The Hall–Kier alpha value is -3.57. The molecule has 2 aliphatic rings. The number of hydrogen-bond acceptors (Lipinski definition) is 8. The van der Waals surface area contributed by atoms with E-state index >= 15 is 0 Å². The van der Waals surface area contributed by atoms with Crippen molar-refractivity contribution in [1.82, 2.24) is 34.0 Å². The molecule has 1 N–H and O–H groups in total. The van der Waals surface area contributed by atoms with Crippen molar-refractivity contribution in [3.8, 4) is 5.95 Å². The van der Waals surface area contributed by atoms with Gasteiger partial charge in [-0.2, -0.15) is 9.97 Å². The average Bonchev–Trinajstić information content (AvgIpc) is 3.46. The van der Waals surface area contributed by atoms with Gasteiger partial charge in [-0.15, -0.1) is 0 Å². The first-order valence-electron chi connectivity index (χ1n) is 12.6. The zero-order chi connectivity index (χ0) is 24.8. The van der Waals surface area contributed by atoms with Crippen LogP contribution in [0.5, 0.6) is 0 Å². The molecule has 0 aliphatic carbocycles. The van der Waals surface area contributed by atoms with E-state index in [1.54, 1.807) is 9.47 Å². The molecule has 0 radical (unpaired) electrons. The van der Waals surface area contributed by atoms with Gasteiger partial charge in [0.2, 0.25) is 11.8 Å². The molecule has 2 aliphatic heterocycles. The van der Waals surface area contributed by atoms with Gasteiger partial charge in [-0.3, -0.25) is 9.36 Å². The van der Waals surface area contributed by atoms with E-state index in [0.29, 0.717) is 81.0 Å². The number of likely N-dealkylation sites (tertiary alicyclic amines) is 1. The quantitative estimate of drug-likeness (QED) is 0.460. The molecule has 1 aromatic carbocycles. The molecular formula is C25H30N8O3. The van der Waals surface area contributed by atoms with Gasteiger partial charge < -0.3 is 24.2 Å². The SMILES string of the molecule is CCc1nc2ccccc2n1-c1nc(N2CCOCC2)c2nc(C(=O)N3CCC(O)CC3)n(C)c2n1. The minimum Gasteiger partial charge on any atom is -0.393 e. The topological polar surface area (TPSA) is 114 Å². The number of rotatable bonds is 4. The van der Waals surface area contributed by atoms with Crippen LogP contribution in [0.15, 0.2) is 24.3 Å². The van der Waals surface area contributed by atoms with E-state index in [1.807, 2.05) is 35.9 Å². The summed E-state index contributed by atoms with van der Waals surface area (Å²) in [4.78, 5) is 36.9.